The lowest BCUT2D eigenvalue weighted by molar-refractivity contribution is 1.27. The van der Waals surface area contributed by atoms with Gasteiger partial charge >= 0.3 is 0 Å². The second-order valence-electron chi connectivity index (χ2n) is 9.37. The summed E-state index contributed by atoms with van der Waals surface area (Å²) in [6, 6.07) is 40.2. The third-order valence-electron chi connectivity index (χ3n) is 7.20. The Balaban J connectivity index is 1.56. The minimum absolute atomic E-state index is 0.579. The topological polar surface area (TPSA) is 49.6 Å². The van der Waals surface area contributed by atoms with Crippen LogP contribution in [-0.4, -0.2) is 9.97 Å². The maximum atomic E-state index is 9.37. The average molecular weight is 484 g/mol. The largest absolute Gasteiger partial charge is 0.263 e. The molecule has 0 radical (unpaired) electrons. The van der Waals surface area contributed by atoms with Crippen molar-refractivity contribution in [1.82, 2.24) is 9.97 Å². The highest BCUT2D eigenvalue weighted by molar-refractivity contribution is 6.23. The number of hydrogen-bond acceptors (Lipinski definition) is 3. The second-order valence-corrected chi connectivity index (χ2v) is 9.37. The van der Waals surface area contributed by atoms with E-state index in [0.29, 0.717) is 5.56 Å². The summed E-state index contributed by atoms with van der Waals surface area (Å²) >= 11 is 0. The number of fused-ring (bicyclic) bond motifs is 3. The molecule has 3 nitrogen and oxygen atoms in total. The lowest BCUT2D eigenvalue weighted by Crippen LogP contribution is -1.93. The molecule has 176 valence electrons. The summed E-state index contributed by atoms with van der Waals surface area (Å²) in [4.78, 5) is 9.11. The normalized spacial score (nSPS) is 11.1. The SMILES string of the molecule is N#Cc1ccnc(-c2cncc(-c3c4ccccc4c(-c4cccc5ccccc45)c4ccccc34)c2)c1. The molecule has 2 aromatic heterocycles. The van der Waals surface area contributed by atoms with Crippen LogP contribution in [0.15, 0.2) is 128 Å². The zero-order valence-electron chi connectivity index (χ0n) is 20.5. The average Bonchev–Trinajstić information content (AvgIpc) is 2.99. The molecular formula is C35H21N3. The minimum atomic E-state index is 0.579. The fraction of sp³-hybridized carbons (Fsp3) is 0. The fourth-order valence-electron chi connectivity index (χ4n) is 5.55. The molecule has 0 bridgehead atoms. The van der Waals surface area contributed by atoms with E-state index in [0.717, 1.165) is 22.4 Å². The predicted octanol–water partition coefficient (Wildman–Crippen LogP) is 8.81. The van der Waals surface area contributed by atoms with Crippen LogP contribution < -0.4 is 0 Å². The summed E-state index contributed by atoms with van der Waals surface area (Å²) in [5.41, 5.74) is 6.83. The smallest absolute Gasteiger partial charge is 0.0992 e. The number of hydrogen-bond donors (Lipinski definition) is 0. The molecular weight excluding hydrogens is 462 g/mol. The molecule has 5 aromatic carbocycles. The van der Waals surface area contributed by atoms with E-state index in [2.05, 4.69) is 113 Å². The van der Waals surface area contributed by atoms with Crippen LogP contribution in [0.4, 0.5) is 0 Å². The summed E-state index contributed by atoms with van der Waals surface area (Å²) in [6.45, 7) is 0. The van der Waals surface area contributed by atoms with Crippen molar-refractivity contribution >= 4 is 32.3 Å². The van der Waals surface area contributed by atoms with E-state index in [9.17, 15) is 5.26 Å². The summed E-state index contributed by atoms with van der Waals surface area (Å²) in [5, 5.41) is 16.6. The summed E-state index contributed by atoms with van der Waals surface area (Å²) in [7, 11) is 0. The van der Waals surface area contributed by atoms with Gasteiger partial charge in [0.25, 0.3) is 0 Å². The molecule has 0 unspecified atom stereocenters. The number of rotatable bonds is 3. The lowest BCUT2D eigenvalue weighted by atomic mass is 9.85. The Hall–Kier alpha value is -5.33. The van der Waals surface area contributed by atoms with Gasteiger partial charge in [-0.1, -0.05) is 91.0 Å². The van der Waals surface area contributed by atoms with Gasteiger partial charge in [0.05, 0.1) is 17.3 Å². The highest BCUT2D eigenvalue weighted by atomic mass is 14.7. The van der Waals surface area contributed by atoms with Crippen molar-refractivity contribution in [2.45, 2.75) is 0 Å². The predicted molar refractivity (Wildman–Crippen MR) is 156 cm³/mol. The van der Waals surface area contributed by atoms with Gasteiger partial charge in [0.15, 0.2) is 0 Å². The number of aromatic nitrogens is 2. The van der Waals surface area contributed by atoms with Crippen molar-refractivity contribution in [1.29, 1.82) is 5.26 Å². The van der Waals surface area contributed by atoms with E-state index in [4.69, 9.17) is 0 Å². The van der Waals surface area contributed by atoms with Crippen molar-refractivity contribution < 1.29 is 0 Å². The number of nitriles is 1. The Bertz CT molecular complexity index is 1990. The van der Waals surface area contributed by atoms with Crippen LogP contribution in [0.1, 0.15) is 5.56 Å². The lowest BCUT2D eigenvalue weighted by Gasteiger charge is -2.19. The quantitative estimate of drug-likeness (QED) is 0.236. The summed E-state index contributed by atoms with van der Waals surface area (Å²) in [5.74, 6) is 0. The zero-order chi connectivity index (χ0) is 25.5. The van der Waals surface area contributed by atoms with Crippen molar-refractivity contribution in [3.8, 4) is 39.6 Å². The van der Waals surface area contributed by atoms with E-state index in [1.165, 1.54) is 43.4 Å². The Morgan fingerprint density at radius 1 is 0.553 bits per heavy atom. The van der Waals surface area contributed by atoms with Crippen molar-refractivity contribution in [2.75, 3.05) is 0 Å². The Labute approximate surface area is 220 Å². The van der Waals surface area contributed by atoms with Gasteiger partial charge in [-0.3, -0.25) is 9.97 Å². The van der Waals surface area contributed by atoms with Gasteiger partial charge in [0.1, 0.15) is 0 Å². The Kier molecular flexibility index (Phi) is 5.17. The molecule has 0 spiro atoms. The third-order valence-corrected chi connectivity index (χ3v) is 7.20. The van der Waals surface area contributed by atoms with E-state index >= 15 is 0 Å². The van der Waals surface area contributed by atoms with Crippen LogP contribution in [-0.2, 0) is 0 Å². The first-order valence-corrected chi connectivity index (χ1v) is 12.6. The first-order valence-electron chi connectivity index (χ1n) is 12.6. The van der Waals surface area contributed by atoms with Gasteiger partial charge in [0.2, 0.25) is 0 Å². The van der Waals surface area contributed by atoms with Gasteiger partial charge in [-0.15, -0.1) is 0 Å². The molecule has 2 heterocycles. The van der Waals surface area contributed by atoms with Gasteiger partial charge in [-0.25, -0.2) is 0 Å². The summed E-state index contributed by atoms with van der Waals surface area (Å²) < 4.78 is 0. The maximum absolute atomic E-state index is 9.37. The van der Waals surface area contributed by atoms with Crippen molar-refractivity contribution in [3.63, 3.8) is 0 Å². The van der Waals surface area contributed by atoms with Gasteiger partial charge in [0, 0.05) is 29.7 Å². The van der Waals surface area contributed by atoms with Crippen LogP contribution in [0.3, 0.4) is 0 Å². The Morgan fingerprint density at radius 3 is 1.87 bits per heavy atom. The molecule has 0 aliphatic heterocycles. The van der Waals surface area contributed by atoms with E-state index < -0.39 is 0 Å². The summed E-state index contributed by atoms with van der Waals surface area (Å²) in [6.07, 6.45) is 5.40. The molecule has 7 aromatic rings. The molecule has 0 aliphatic carbocycles. The van der Waals surface area contributed by atoms with Crippen molar-refractivity contribution in [3.05, 3.63) is 133 Å². The molecule has 0 amide bonds. The number of benzene rings is 5. The Morgan fingerprint density at radius 2 is 1.16 bits per heavy atom. The molecule has 0 atom stereocenters. The van der Waals surface area contributed by atoms with Crippen LogP contribution in [0.5, 0.6) is 0 Å². The van der Waals surface area contributed by atoms with E-state index in [1.807, 2.05) is 12.4 Å². The third kappa shape index (κ3) is 3.51. The molecule has 7 rings (SSSR count). The first kappa shape index (κ1) is 21.9. The minimum Gasteiger partial charge on any atom is -0.263 e. The van der Waals surface area contributed by atoms with Gasteiger partial charge in [-0.05, 0) is 67.2 Å². The van der Waals surface area contributed by atoms with Gasteiger partial charge < -0.3 is 0 Å². The molecule has 38 heavy (non-hydrogen) atoms. The van der Waals surface area contributed by atoms with Crippen LogP contribution >= 0.6 is 0 Å². The molecule has 0 fully saturated rings. The van der Waals surface area contributed by atoms with Crippen LogP contribution in [0.25, 0.3) is 65.8 Å². The maximum Gasteiger partial charge on any atom is 0.0992 e. The highest BCUT2D eigenvalue weighted by Crippen LogP contribution is 2.45. The van der Waals surface area contributed by atoms with Crippen LogP contribution in [0.2, 0.25) is 0 Å². The number of nitrogens with zero attached hydrogens (tertiary/aromatic N) is 3. The standard InChI is InChI=1S/C35H21N3/c36-20-23-16-17-38-33(18-23)25-19-26(22-37-21-25)34-29-11-3-5-13-31(29)35(32-14-6-4-12-30(32)34)28-15-7-9-24-8-1-2-10-27(24)28/h1-19,21-22H. The van der Waals surface area contributed by atoms with Crippen LogP contribution in [0, 0.1) is 11.3 Å². The van der Waals surface area contributed by atoms with Crippen molar-refractivity contribution in [2.24, 2.45) is 0 Å². The molecule has 3 heteroatoms. The fourth-order valence-corrected chi connectivity index (χ4v) is 5.55. The highest BCUT2D eigenvalue weighted by Gasteiger charge is 2.18. The van der Waals surface area contributed by atoms with Gasteiger partial charge in [-0.2, -0.15) is 5.26 Å². The number of pyridine rings is 2. The van der Waals surface area contributed by atoms with E-state index in [-0.39, 0.29) is 0 Å². The molecule has 0 saturated carbocycles. The monoisotopic (exact) mass is 483 g/mol. The zero-order valence-corrected chi connectivity index (χ0v) is 20.5. The van der Waals surface area contributed by atoms with E-state index in [1.54, 1.807) is 18.3 Å². The molecule has 0 N–H and O–H groups in total. The molecule has 0 saturated heterocycles. The first-order chi connectivity index (χ1) is 18.8. The molecule has 0 aliphatic rings. The second kappa shape index (κ2) is 8.96.